The van der Waals surface area contributed by atoms with Crippen molar-refractivity contribution in [2.45, 2.75) is 26.3 Å². The Hall–Kier alpha value is -2.08. The van der Waals surface area contributed by atoms with Gasteiger partial charge in [-0.1, -0.05) is 6.07 Å². The molecule has 1 fully saturated rings. The zero-order valence-electron chi connectivity index (χ0n) is 13.2. The van der Waals surface area contributed by atoms with Crippen molar-refractivity contribution in [1.82, 2.24) is 14.0 Å². The number of nitrogens with zero attached hydrogens (tertiary/aromatic N) is 3. The molecule has 1 aliphatic heterocycles. The maximum absolute atomic E-state index is 11.8. The van der Waals surface area contributed by atoms with E-state index in [-0.39, 0.29) is 11.8 Å². The van der Waals surface area contributed by atoms with Crippen LogP contribution in [0.15, 0.2) is 36.7 Å². The minimum atomic E-state index is -2.89. The molecule has 0 bridgehead atoms. The van der Waals surface area contributed by atoms with Crippen molar-refractivity contribution in [3.05, 3.63) is 48.0 Å². The van der Waals surface area contributed by atoms with E-state index in [0.29, 0.717) is 12.2 Å². The van der Waals surface area contributed by atoms with E-state index in [4.69, 9.17) is 0 Å². The van der Waals surface area contributed by atoms with Crippen molar-refractivity contribution in [2.24, 2.45) is 0 Å². The van der Waals surface area contributed by atoms with E-state index in [9.17, 15) is 8.42 Å². The van der Waals surface area contributed by atoms with Crippen molar-refractivity contribution in [3.63, 3.8) is 0 Å². The van der Waals surface area contributed by atoms with Crippen LogP contribution < -0.4 is 0 Å². The molecule has 3 aromatic rings. The minimum Gasteiger partial charge on any atom is -0.344 e. The summed E-state index contributed by atoms with van der Waals surface area (Å²) in [5.74, 6) is 0.534. The van der Waals surface area contributed by atoms with E-state index in [1.807, 2.05) is 41.9 Å². The minimum absolute atomic E-state index is 0.0470. The quantitative estimate of drug-likeness (QED) is 0.726. The zero-order valence-corrected chi connectivity index (χ0v) is 14.0. The van der Waals surface area contributed by atoms with Gasteiger partial charge in [0.05, 0.1) is 17.2 Å². The average molecular weight is 329 g/mol. The molecule has 4 rings (SSSR count). The SMILES string of the molecule is Cc1cc(-c2cn3ccccc3n2)c(C)n1C1CCS(=O)(=O)C1. The molecule has 0 aliphatic carbocycles. The van der Waals surface area contributed by atoms with E-state index in [2.05, 4.69) is 22.5 Å². The van der Waals surface area contributed by atoms with Crippen molar-refractivity contribution in [1.29, 1.82) is 0 Å². The van der Waals surface area contributed by atoms with E-state index >= 15 is 0 Å². The highest BCUT2D eigenvalue weighted by Gasteiger charge is 2.31. The van der Waals surface area contributed by atoms with Crippen molar-refractivity contribution in [3.8, 4) is 11.3 Å². The second-order valence-corrected chi connectivity index (χ2v) is 8.53. The highest BCUT2D eigenvalue weighted by atomic mass is 32.2. The third-order valence-electron chi connectivity index (χ3n) is 4.70. The predicted molar refractivity (Wildman–Crippen MR) is 90.4 cm³/mol. The molecule has 1 saturated heterocycles. The van der Waals surface area contributed by atoms with Crippen LogP contribution >= 0.6 is 0 Å². The van der Waals surface area contributed by atoms with E-state index in [0.717, 1.165) is 28.3 Å². The number of imidazole rings is 1. The maximum atomic E-state index is 11.8. The third kappa shape index (κ3) is 2.37. The standard InChI is InChI=1S/C17H19N3O2S/c1-12-9-15(16-10-19-7-4-3-5-17(19)18-16)13(2)20(12)14-6-8-23(21,22)11-14/h3-5,7,9-10,14H,6,8,11H2,1-2H3. The van der Waals surface area contributed by atoms with E-state index in [1.165, 1.54) is 0 Å². The van der Waals surface area contributed by atoms with Gasteiger partial charge in [0.25, 0.3) is 0 Å². The summed E-state index contributed by atoms with van der Waals surface area (Å²) >= 11 is 0. The molecule has 5 nitrogen and oxygen atoms in total. The lowest BCUT2D eigenvalue weighted by Gasteiger charge is -2.16. The van der Waals surface area contributed by atoms with Gasteiger partial charge in [-0.15, -0.1) is 0 Å². The molecule has 1 unspecified atom stereocenters. The molecular weight excluding hydrogens is 310 g/mol. The normalized spacial score (nSPS) is 20.3. The van der Waals surface area contributed by atoms with Gasteiger partial charge >= 0.3 is 0 Å². The molecule has 4 heterocycles. The summed E-state index contributed by atoms with van der Waals surface area (Å²) in [5, 5.41) is 0. The van der Waals surface area contributed by atoms with Crippen LogP contribution in [-0.2, 0) is 9.84 Å². The summed E-state index contributed by atoms with van der Waals surface area (Å²) in [6.07, 6.45) is 4.70. The number of rotatable bonds is 2. The van der Waals surface area contributed by atoms with Crippen LogP contribution in [0.1, 0.15) is 23.9 Å². The Bertz CT molecular complexity index is 965. The van der Waals surface area contributed by atoms with Gasteiger partial charge in [0.15, 0.2) is 9.84 Å². The zero-order chi connectivity index (χ0) is 16.2. The highest BCUT2D eigenvalue weighted by Crippen LogP contribution is 2.33. The Morgan fingerprint density at radius 1 is 1.26 bits per heavy atom. The van der Waals surface area contributed by atoms with Crippen LogP contribution in [0.4, 0.5) is 0 Å². The van der Waals surface area contributed by atoms with Gasteiger partial charge < -0.3 is 8.97 Å². The predicted octanol–water partition coefficient (Wildman–Crippen LogP) is 2.78. The summed E-state index contributed by atoms with van der Waals surface area (Å²) < 4.78 is 27.8. The first-order chi connectivity index (χ1) is 10.9. The van der Waals surface area contributed by atoms with E-state index < -0.39 is 9.84 Å². The second kappa shape index (κ2) is 4.96. The Morgan fingerprint density at radius 3 is 2.78 bits per heavy atom. The number of aryl methyl sites for hydroxylation is 1. The molecule has 6 heteroatoms. The highest BCUT2D eigenvalue weighted by molar-refractivity contribution is 7.91. The number of fused-ring (bicyclic) bond motifs is 1. The first kappa shape index (κ1) is 14.5. The van der Waals surface area contributed by atoms with Crippen LogP contribution in [0.3, 0.4) is 0 Å². The number of aromatic nitrogens is 3. The van der Waals surface area contributed by atoms with Crippen molar-refractivity contribution >= 4 is 15.5 Å². The Balaban J connectivity index is 1.80. The lowest BCUT2D eigenvalue weighted by Crippen LogP contribution is -2.13. The molecule has 23 heavy (non-hydrogen) atoms. The summed E-state index contributed by atoms with van der Waals surface area (Å²) in [6.45, 7) is 4.09. The molecule has 1 aliphatic rings. The molecule has 0 saturated carbocycles. The molecule has 0 spiro atoms. The summed E-state index contributed by atoms with van der Waals surface area (Å²) in [4.78, 5) is 4.68. The number of pyridine rings is 1. The van der Waals surface area contributed by atoms with Gasteiger partial charge in [0, 0.05) is 35.4 Å². The van der Waals surface area contributed by atoms with Crippen LogP contribution in [0.5, 0.6) is 0 Å². The van der Waals surface area contributed by atoms with Gasteiger partial charge in [-0.2, -0.15) is 0 Å². The molecule has 1 atom stereocenters. The van der Waals surface area contributed by atoms with Gasteiger partial charge in [0.2, 0.25) is 0 Å². The Morgan fingerprint density at radius 2 is 2.09 bits per heavy atom. The summed E-state index contributed by atoms with van der Waals surface area (Å²) in [6, 6.07) is 8.09. The average Bonchev–Trinajstić information content (AvgIpc) is 3.14. The molecule has 3 aromatic heterocycles. The fraction of sp³-hybridized carbons (Fsp3) is 0.353. The topological polar surface area (TPSA) is 56.4 Å². The Labute approximate surface area is 135 Å². The van der Waals surface area contributed by atoms with Gasteiger partial charge in [-0.25, -0.2) is 13.4 Å². The molecule has 0 aromatic carbocycles. The monoisotopic (exact) mass is 329 g/mol. The number of sulfone groups is 1. The summed E-state index contributed by atoms with van der Waals surface area (Å²) in [5.41, 5.74) is 5.10. The number of hydrogen-bond donors (Lipinski definition) is 0. The lowest BCUT2D eigenvalue weighted by molar-refractivity contribution is 0.536. The fourth-order valence-corrected chi connectivity index (χ4v) is 5.34. The largest absolute Gasteiger partial charge is 0.344 e. The second-order valence-electron chi connectivity index (χ2n) is 6.30. The first-order valence-electron chi connectivity index (χ1n) is 7.77. The molecular formula is C17H19N3O2S. The van der Waals surface area contributed by atoms with E-state index in [1.54, 1.807) is 0 Å². The fourth-order valence-electron chi connectivity index (χ4n) is 3.64. The lowest BCUT2D eigenvalue weighted by atomic mass is 10.2. The summed E-state index contributed by atoms with van der Waals surface area (Å²) in [7, 11) is -2.89. The van der Waals surface area contributed by atoms with Gasteiger partial charge in [-0.05, 0) is 38.5 Å². The van der Waals surface area contributed by atoms with Crippen LogP contribution in [0, 0.1) is 13.8 Å². The smallest absolute Gasteiger partial charge is 0.152 e. The van der Waals surface area contributed by atoms with Crippen molar-refractivity contribution < 1.29 is 8.42 Å². The third-order valence-corrected chi connectivity index (χ3v) is 6.45. The molecule has 0 N–H and O–H groups in total. The van der Waals surface area contributed by atoms with Crippen molar-refractivity contribution in [2.75, 3.05) is 11.5 Å². The molecule has 0 amide bonds. The molecule has 120 valence electrons. The first-order valence-corrected chi connectivity index (χ1v) is 9.60. The Kier molecular flexibility index (Phi) is 3.13. The molecule has 0 radical (unpaired) electrons. The van der Waals surface area contributed by atoms with Gasteiger partial charge in [-0.3, -0.25) is 0 Å². The van der Waals surface area contributed by atoms with Gasteiger partial charge in [0.1, 0.15) is 5.65 Å². The van der Waals surface area contributed by atoms with Crippen LogP contribution in [0.25, 0.3) is 16.9 Å². The van der Waals surface area contributed by atoms with Crippen LogP contribution in [-0.4, -0.2) is 33.9 Å². The van der Waals surface area contributed by atoms with Crippen LogP contribution in [0.2, 0.25) is 0 Å². The maximum Gasteiger partial charge on any atom is 0.152 e. The number of hydrogen-bond acceptors (Lipinski definition) is 3.